The van der Waals surface area contributed by atoms with Gasteiger partial charge in [-0.25, -0.2) is 0 Å². The minimum Gasteiger partial charge on any atom is -0.492 e. The molecule has 4 N–H and O–H groups in total. The molecule has 0 saturated carbocycles. The van der Waals surface area contributed by atoms with Crippen LogP contribution in [0.5, 0.6) is 5.75 Å². The van der Waals surface area contributed by atoms with Gasteiger partial charge < -0.3 is 21.1 Å². The maximum absolute atomic E-state index is 11.5. The summed E-state index contributed by atoms with van der Waals surface area (Å²) in [6, 6.07) is 0.275. The Bertz CT molecular complexity index is 450. The lowest BCUT2D eigenvalue weighted by atomic mass is 10.1. The molecule has 1 aromatic rings. The number of nitrogen functional groups attached to an aromatic ring is 1. The summed E-state index contributed by atoms with van der Waals surface area (Å²) in [5.41, 5.74) is 12.3. The highest BCUT2D eigenvalue weighted by molar-refractivity contribution is 7.19. The van der Waals surface area contributed by atoms with Crippen molar-refractivity contribution in [2.45, 2.75) is 25.8 Å². The van der Waals surface area contributed by atoms with Gasteiger partial charge in [-0.15, -0.1) is 11.3 Å². The van der Waals surface area contributed by atoms with Gasteiger partial charge >= 0.3 is 0 Å². The Hall–Kier alpha value is -1.27. The number of hydrogen-bond acceptors (Lipinski definition) is 6. The number of anilines is 2. The van der Waals surface area contributed by atoms with E-state index in [1.807, 2.05) is 0 Å². The van der Waals surface area contributed by atoms with Gasteiger partial charge in [0, 0.05) is 26.1 Å². The van der Waals surface area contributed by atoms with Gasteiger partial charge in [-0.05, 0) is 12.8 Å². The lowest BCUT2D eigenvalue weighted by molar-refractivity contribution is 0.102. The number of ether oxygens (including phenoxy) is 1. The Kier molecular flexibility index (Phi) is 3.77. The average Bonchev–Trinajstić information content (AvgIpc) is 2.67. The third kappa shape index (κ3) is 2.30. The molecule has 1 fully saturated rings. The molecule has 18 heavy (non-hydrogen) atoms. The van der Waals surface area contributed by atoms with Gasteiger partial charge in [0.05, 0.1) is 17.7 Å². The van der Waals surface area contributed by atoms with Crippen molar-refractivity contribution in [1.82, 2.24) is 0 Å². The van der Waals surface area contributed by atoms with Gasteiger partial charge in [-0.3, -0.25) is 4.79 Å². The fourth-order valence-corrected chi connectivity index (χ4v) is 3.32. The highest BCUT2D eigenvalue weighted by Gasteiger charge is 2.25. The van der Waals surface area contributed by atoms with Gasteiger partial charge in [-0.2, -0.15) is 0 Å². The van der Waals surface area contributed by atoms with E-state index >= 15 is 0 Å². The number of Topliss-reactive ketones (excluding diaryl/α,β-unsaturated/α-hetero) is 1. The zero-order chi connectivity index (χ0) is 13.3. The molecule has 2 heterocycles. The number of methoxy groups -OCH3 is 1. The molecule has 0 amide bonds. The van der Waals surface area contributed by atoms with E-state index in [0.29, 0.717) is 16.3 Å². The van der Waals surface area contributed by atoms with E-state index in [4.69, 9.17) is 16.2 Å². The zero-order valence-electron chi connectivity index (χ0n) is 10.7. The van der Waals surface area contributed by atoms with Crippen molar-refractivity contribution in [3.63, 3.8) is 0 Å². The van der Waals surface area contributed by atoms with Gasteiger partial charge in [0.25, 0.3) is 0 Å². The standard InChI is InChI=1S/C12H19N3O2S/c1-7(16)11-9(14)10(17-2)12(18-11)15-5-3-8(13)4-6-15/h8H,3-6,13-14H2,1-2H3. The highest BCUT2D eigenvalue weighted by atomic mass is 32.1. The Labute approximate surface area is 111 Å². The molecular weight excluding hydrogens is 250 g/mol. The highest BCUT2D eigenvalue weighted by Crippen LogP contribution is 2.45. The summed E-state index contributed by atoms with van der Waals surface area (Å²) in [6.45, 7) is 3.29. The lowest BCUT2D eigenvalue weighted by Crippen LogP contribution is -2.39. The first-order valence-electron chi connectivity index (χ1n) is 6.02. The van der Waals surface area contributed by atoms with Crippen molar-refractivity contribution >= 4 is 27.8 Å². The molecule has 1 aliphatic heterocycles. The number of nitrogens with two attached hydrogens (primary N) is 2. The fraction of sp³-hybridized carbons (Fsp3) is 0.583. The smallest absolute Gasteiger partial charge is 0.177 e. The number of thiophene rings is 1. The number of carbonyl (C=O) groups is 1. The SMILES string of the molecule is COc1c(N2CCC(N)CC2)sc(C(C)=O)c1N. The van der Waals surface area contributed by atoms with Gasteiger partial charge in [0.2, 0.25) is 0 Å². The number of hydrogen-bond donors (Lipinski definition) is 2. The van der Waals surface area contributed by atoms with Crippen LogP contribution in [0, 0.1) is 0 Å². The van der Waals surface area contributed by atoms with Crippen LogP contribution in [-0.4, -0.2) is 32.0 Å². The maximum atomic E-state index is 11.5. The molecule has 1 aliphatic rings. The summed E-state index contributed by atoms with van der Waals surface area (Å²) in [5, 5.41) is 0.951. The van der Waals surface area contributed by atoms with E-state index in [2.05, 4.69) is 4.90 Å². The van der Waals surface area contributed by atoms with E-state index in [1.54, 1.807) is 7.11 Å². The Morgan fingerprint density at radius 1 is 1.44 bits per heavy atom. The third-order valence-electron chi connectivity index (χ3n) is 3.23. The molecule has 0 radical (unpaired) electrons. The molecule has 0 spiro atoms. The molecule has 1 saturated heterocycles. The van der Waals surface area contributed by atoms with E-state index in [9.17, 15) is 4.79 Å². The summed E-state index contributed by atoms with van der Waals surface area (Å²) in [6.07, 6.45) is 1.91. The summed E-state index contributed by atoms with van der Waals surface area (Å²) in [5.74, 6) is 0.608. The first-order chi connectivity index (χ1) is 8.54. The number of carbonyl (C=O) groups excluding carboxylic acids is 1. The first kappa shape index (κ1) is 13.2. The molecule has 100 valence electrons. The Morgan fingerprint density at radius 3 is 2.56 bits per heavy atom. The predicted octanol–water partition coefficient (Wildman–Crippen LogP) is 1.47. The van der Waals surface area contributed by atoms with Crippen LogP contribution < -0.4 is 21.1 Å². The maximum Gasteiger partial charge on any atom is 0.177 e. The minimum absolute atomic E-state index is 0.0178. The normalized spacial score (nSPS) is 16.9. The van der Waals surface area contributed by atoms with Crippen molar-refractivity contribution in [3.8, 4) is 5.75 Å². The van der Waals surface area contributed by atoms with E-state index in [1.165, 1.54) is 18.3 Å². The summed E-state index contributed by atoms with van der Waals surface area (Å²) >= 11 is 1.41. The number of nitrogens with zero attached hydrogens (tertiary/aromatic N) is 1. The molecule has 2 rings (SSSR count). The molecule has 1 aromatic heterocycles. The minimum atomic E-state index is -0.0178. The molecule has 0 unspecified atom stereocenters. The second-order valence-corrected chi connectivity index (χ2v) is 5.56. The van der Waals surface area contributed by atoms with E-state index < -0.39 is 0 Å². The first-order valence-corrected chi connectivity index (χ1v) is 6.84. The number of ketones is 1. The van der Waals surface area contributed by atoms with Crippen molar-refractivity contribution < 1.29 is 9.53 Å². The van der Waals surface area contributed by atoms with Gasteiger partial charge in [0.1, 0.15) is 5.00 Å². The van der Waals surface area contributed by atoms with Crippen molar-refractivity contribution in [2.75, 3.05) is 30.8 Å². The molecule has 6 heteroatoms. The molecule has 5 nitrogen and oxygen atoms in total. The monoisotopic (exact) mass is 269 g/mol. The molecule has 0 aromatic carbocycles. The fourth-order valence-electron chi connectivity index (χ4n) is 2.19. The summed E-state index contributed by atoms with van der Waals surface area (Å²) in [4.78, 5) is 14.3. The third-order valence-corrected chi connectivity index (χ3v) is 4.58. The Balaban J connectivity index is 2.32. The van der Waals surface area contributed by atoms with Gasteiger partial charge in [0.15, 0.2) is 11.5 Å². The second kappa shape index (κ2) is 5.16. The topological polar surface area (TPSA) is 81.6 Å². The van der Waals surface area contributed by atoms with Crippen LogP contribution in [0.3, 0.4) is 0 Å². The van der Waals surface area contributed by atoms with Crippen LogP contribution in [0.1, 0.15) is 29.4 Å². The van der Waals surface area contributed by atoms with Gasteiger partial charge in [-0.1, -0.05) is 0 Å². The van der Waals surface area contributed by atoms with Crippen LogP contribution in [0.15, 0.2) is 0 Å². The van der Waals surface area contributed by atoms with Crippen molar-refractivity contribution in [1.29, 1.82) is 0 Å². The van der Waals surface area contributed by atoms with Crippen LogP contribution in [0.2, 0.25) is 0 Å². The quantitative estimate of drug-likeness (QED) is 0.812. The molecule has 0 aliphatic carbocycles. The van der Waals surface area contributed by atoms with Crippen LogP contribution in [-0.2, 0) is 0 Å². The average molecular weight is 269 g/mol. The van der Waals surface area contributed by atoms with Crippen LogP contribution >= 0.6 is 11.3 Å². The van der Waals surface area contributed by atoms with E-state index in [-0.39, 0.29) is 11.8 Å². The second-order valence-electron chi connectivity index (χ2n) is 4.56. The van der Waals surface area contributed by atoms with E-state index in [0.717, 1.165) is 30.9 Å². The lowest BCUT2D eigenvalue weighted by Gasteiger charge is -2.31. The predicted molar refractivity (Wildman–Crippen MR) is 74.7 cm³/mol. The van der Waals surface area contributed by atoms with Crippen LogP contribution in [0.4, 0.5) is 10.7 Å². The zero-order valence-corrected chi connectivity index (χ0v) is 11.5. The summed E-state index contributed by atoms with van der Waals surface area (Å²) in [7, 11) is 1.58. The number of piperidine rings is 1. The Morgan fingerprint density at radius 2 is 2.06 bits per heavy atom. The van der Waals surface area contributed by atoms with Crippen LogP contribution in [0.25, 0.3) is 0 Å². The molecular formula is C12H19N3O2S. The largest absolute Gasteiger partial charge is 0.492 e. The summed E-state index contributed by atoms with van der Waals surface area (Å²) < 4.78 is 5.35. The van der Waals surface area contributed by atoms with Crippen molar-refractivity contribution in [3.05, 3.63) is 4.88 Å². The number of rotatable bonds is 3. The molecule has 0 bridgehead atoms. The molecule has 0 atom stereocenters. The van der Waals surface area contributed by atoms with Crippen molar-refractivity contribution in [2.24, 2.45) is 5.73 Å².